The first-order valence-corrected chi connectivity index (χ1v) is 3.44. The molecule has 0 radical (unpaired) electrons. The third kappa shape index (κ3) is 0.751. The number of nitrogens with two attached hydrogens (primary N) is 2. The van der Waals surface area contributed by atoms with Crippen molar-refractivity contribution in [2.24, 2.45) is 22.3 Å². The zero-order chi connectivity index (χ0) is 8.86. The average Bonchev–Trinajstić information content (AvgIpc) is 2.39. The topological polar surface area (TPSA) is 86.2 Å². The number of amides is 2. The van der Waals surface area contributed by atoms with Crippen LogP contribution in [0.15, 0.2) is 0 Å². The summed E-state index contributed by atoms with van der Waals surface area (Å²) in [7, 11) is 0. The molecule has 1 rings (SSSR count). The monoisotopic (exact) mass is 156 g/mol. The molecule has 2 amide bonds. The van der Waals surface area contributed by atoms with Gasteiger partial charge in [0.15, 0.2) is 0 Å². The highest BCUT2D eigenvalue weighted by molar-refractivity contribution is 5.97. The van der Waals surface area contributed by atoms with Crippen molar-refractivity contribution in [1.82, 2.24) is 0 Å². The number of rotatable bonds is 2. The van der Waals surface area contributed by atoms with Crippen molar-refractivity contribution >= 4 is 11.8 Å². The van der Waals surface area contributed by atoms with Crippen LogP contribution in [0.4, 0.5) is 0 Å². The van der Waals surface area contributed by atoms with Crippen molar-refractivity contribution in [3.05, 3.63) is 0 Å². The third-order valence-electron chi connectivity index (χ3n) is 2.89. The number of hydrogen-bond donors (Lipinski definition) is 2. The van der Waals surface area contributed by atoms with Crippen LogP contribution in [0.3, 0.4) is 0 Å². The van der Waals surface area contributed by atoms with Crippen molar-refractivity contribution in [2.75, 3.05) is 0 Å². The summed E-state index contributed by atoms with van der Waals surface area (Å²) in [5, 5.41) is 0. The maximum absolute atomic E-state index is 10.8. The minimum atomic E-state index is -0.709. The maximum Gasteiger partial charge on any atom is 0.224 e. The van der Waals surface area contributed by atoms with Crippen LogP contribution >= 0.6 is 0 Å². The van der Waals surface area contributed by atoms with E-state index in [2.05, 4.69) is 0 Å². The Labute approximate surface area is 64.9 Å². The van der Waals surface area contributed by atoms with Crippen LogP contribution in [0, 0.1) is 10.8 Å². The molecule has 0 aromatic rings. The van der Waals surface area contributed by atoms with E-state index < -0.39 is 22.6 Å². The maximum atomic E-state index is 10.8. The van der Waals surface area contributed by atoms with E-state index in [-0.39, 0.29) is 0 Å². The van der Waals surface area contributed by atoms with Crippen LogP contribution < -0.4 is 11.5 Å². The molecule has 0 bridgehead atoms. The van der Waals surface area contributed by atoms with Crippen LogP contribution in [0.1, 0.15) is 20.3 Å². The van der Waals surface area contributed by atoms with E-state index in [0.717, 1.165) is 0 Å². The lowest BCUT2D eigenvalue weighted by Gasteiger charge is -2.10. The third-order valence-corrected chi connectivity index (χ3v) is 2.89. The van der Waals surface area contributed by atoms with Gasteiger partial charge in [0.05, 0.1) is 10.8 Å². The van der Waals surface area contributed by atoms with Crippen LogP contribution in [-0.4, -0.2) is 11.8 Å². The smallest absolute Gasteiger partial charge is 0.224 e. The normalized spacial score (nSPS) is 41.6. The van der Waals surface area contributed by atoms with Gasteiger partial charge in [-0.15, -0.1) is 0 Å². The molecule has 2 unspecified atom stereocenters. The average molecular weight is 156 g/mol. The summed E-state index contributed by atoms with van der Waals surface area (Å²) in [4.78, 5) is 21.6. The molecule has 0 heterocycles. The minimum absolute atomic E-state index is 0.446. The van der Waals surface area contributed by atoms with Gasteiger partial charge in [-0.05, 0) is 20.3 Å². The Morgan fingerprint density at radius 2 is 1.36 bits per heavy atom. The lowest BCUT2D eigenvalue weighted by Crippen LogP contribution is -2.34. The standard InChI is InChI=1S/C7H12N2O2/c1-6(4(8)10)3-7(6,2)5(9)11/h3H2,1-2H3,(H2,8,10)(H2,9,11). The predicted molar refractivity (Wildman–Crippen MR) is 39.2 cm³/mol. The number of carbonyl (C=O) groups is 2. The van der Waals surface area contributed by atoms with Crippen LogP contribution in [0.5, 0.6) is 0 Å². The summed E-state index contributed by atoms with van der Waals surface area (Å²) in [6.07, 6.45) is 0.477. The summed E-state index contributed by atoms with van der Waals surface area (Å²) in [5.74, 6) is -0.891. The Bertz CT molecular complexity index is 215. The van der Waals surface area contributed by atoms with Crippen molar-refractivity contribution in [3.63, 3.8) is 0 Å². The van der Waals surface area contributed by atoms with Gasteiger partial charge >= 0.3 is 0 Å². The minimum Gasteiger partial charge on any atom is -0.369 e. The Hall–Kier alpha value is -1.06. The van der Waals surface area contributed by atoms with E-state index in [0.29, 0.717) is 6.42 Å². The summed E-state index contributed by atoms with van der Waals surface area (Å²) < 4.78 is 0. The SMILES string of the molecule is CC1(C(N)=O)CC1(C)C(N)=O. The van der Waals surface area contributed by atoms with Gasteiger partial charge < -0.3 is 11.5 Å². The molecule has 0 aromatic carbocycles. The molecule has 4 nitrogen and oxygen atoms in total. The summed E-state index contributed by atoms with van der Waals surface area (Å²) in [6.45, 7) is 3.33. The van der Waals surface area contributed by atoms with Gasteiger partial charge in [0.1, 0.15) is 0 Å². The van der Waals surface area contributed by atoms with Crippen LogP contribution in [-0.2, 0) is 9.59 Å². The van der Waals surface area contributed by atoms with Crippen molar-refractivity contribution < 1.29 is 9.59 Å². The van der Waals surface area contributed by atoms with Gasteiger partial charge in [0.2, 0.25) is 11.8 Å². The van der Waals surface area contributed by atoms with Crippen molar-refractivity contribution in [1.29, 1.82) is 0 Å². The highest BCUT2D eigenvalue weighted by Crippen LogP contribution is 2.62. The highest BCUT2D eigenvalue weighted by Gasteiger charge is 2.68. The zero-order valence-electron chi connectivity index (χ0n) is 6.68. The van der Waals surface area contributed by atoms with Crippen LogP contribution in [0.25, 0.3) is 0 Å². The number of carbonyl (C=O) groups excluding carboxylic acids is 2. The summed E-state index contributed by atoms with van der Waals surface area (Å²) in [6, 6.07) is 0. The molecule has 0 spiro atoms. The lowest BCUT2D eigenvalue weighted by atomic mass is 9.95. The quantitative estimate of drug-likeness (QED) is 0.557. The Kier molecular flexibility index (Phi) is 1.28. The fourth-order valence-electron chi connectivity index (χ4n) is 1.38. The molecule has 62 valence electrons. The molecule has 0 aromatic heterocycles. The predicted octanol–water partition coefficient (Wildman–Crippen LogP) is -0.627. The lowest BCUT2D eigenvalue weighted by molar-refractivity contribution is -0.130. The number of primary amides is 2. The largest absolute Gasteiger partial charge is 0.369 e. The Balaban J connectivity index is 2.87. The van der Waals surface area contributed by atoms with E-state index in [4.69, 9.17) is 11.5 Å². The van der Waals surface area contributed by atoms with Gasteiger partial charge in [0.25, 0.3) is 0 Å². The summed E-state index contributed by atoms with van der Waals surface area (Å²) in [5.41, 5.74) is 8.78. The van der Waals surface area contributed by atoms with Gasteiger partial charge in [-0.25, -0.2) is 0 Å². The molecule has 1 aliphatic rings. The van der Waals surface area contributed by atoms with Gasteiger partial charge in [-0.3, -0.25) is 9.59 Å². The second kappa shape index (κ2) is 1.75. The number of hydrogen-bond acceptors (Lipinski definition) is 2. The molecule has 4 N–H and O–H groups in total. The van der Waals surface area contributed by atoms with Gasteiger partial charge in [-0.1, -0.05) is 0 Å². The Morgan fingerprint density at radius 1 is 1.09 bits per heavy atom. The van der Waals surface area contributed by atoms with E-state index >= 15 is 0 Å². The van der Waals surface area contributed by atoms with Crippen molar-refractivity contribution in [3.8, 4) is 0 Å². The molecular formula is C7H12N2O2. The molecule has 11 heavy (non-hydrogen) atoms. The molecule has 1 aliphatic carbocycles. The van der Waals surface area contributed by atoms with Gasteiger partial charge in [0, 0.05) is 0 Å². The van der Waals surface area contributed by atoms with E-state index in [9.17, 15) is 9.59 Å². The van der Waals surface area contributed by atoms with Gasteiger partial charge in [-0.2, -0.15) is 0 Å². The Morgan fingerprint density at radius 3 is 1.45 bits per heavy atom. The van der Waals surface area contributed by atoms with E-state index in [1.807, 2.05) is 0 Å². The molecule has 2 atom stereocenters. The second-order valence-corrected chi connectivity index (χ2v) is 3.57. The molecule has 0 aliphatic heterocycles. The second-order valence-electron chi connectivity index (χ2n) is 3.57. The first-order valence-electron chi connectivity index (χ1n) is 3.44. The molecule has 1 saturated carbocycles. The molecule has 4 heteroatoms. The molecular weight excluding hydrogens is 144 g/mol. The zero-order valence-corrected chi connectivity index (χ0v) is 6.68. The van der Waals surface area contributed by atoms with E-state index in [1.54, 1.807) is 13.8 Å². The highest BCUT2D eigenvalue weighted by atomic mass is 16.2. The first kappa shape index (κ1) is 8.04. The fraction of sp³-hybridized carbons (Fsp3) is 0.714. The van der Waals surface area contributed by atoms with E-state index in [1.165, 1.54) is 0 Å². The molecule has 1 fully saturated rings. The first-order chi connectivity index (χ1) is 4.84. The molecule has 0 saturated heterocycles. The van der Waals surface area contributed by atoms with Crippen LogP contribution in [0.2, 0.25) is 0 Å². The van der Waals surface area contributed by atoms with Crippen molar-refractivity contribution in [2.45, 2.75) is 20.3 Å². The summed E-state index contributed by atoms with van der Waals surface area (Å²) >= 11 is 0. The fourth-order valence-corrected chi connectivity index (χ4v) is 1.38.